The van der Waals surface area contributed by atoms with E-state index in [2.05, 4.69) is 4.98 Å². The summed E-state index contributed by atoms with van der Waals surface area (Å²) in [7, 11) is 0. The smallest absolute Gasteiger partial charge is 0.261 e. The Kier molecular flexibility index (Phi) is 3.54. The SMILES string of the molecule is Cc1nc2ccccc2c(=O)n1CC(O)c1ccccc1. The second kappa shape index (κ2) is 5.50. The molecule has 3 rings (SSSR count). The third-order valence-corrected chi connectivity index (χ3v) is 3.59. The van der Waals surface area contributed by atoms with E-state index in [1.54, 1.807) is 13.0 Å². The normalized spacial score (nSPS) is 12.5. The van der Waals surface area contributed by atoms with Crippen molar-refractivity contribution in [3.05, 3.63) is 76.3 Å². The molecule has 0 bridgehead atoms. The van der Waals surface area contributed by atoms with Gasteiger partial charge < -0.3 is 5.11 Å². The first-order valence-corrected chi connectivity index (χ1v) is 6.86. The number of aliphatic hydroxyl groups is 1. The topological polar surface area (TPSA) is 55.1 Å². The number of aromatic nitrogens is 2. The molecular formula is C17H16N2O2. The molecule has 0 amide bonds. The molecular weight excluding hydrogens is 264 g/mol. The molecule has 1 N–H and O–H groups in total. The lowest BCUT2D eigenvalue weighted by Gasteiger charge is -2.15. The number of fused-ring (bicyclic) bond motifs is 1. The number of aryl methyl sites for hydroxylation is 1. The van der Waals surface area contributed by atoms with E-state index in [1.165, 1.54) is 4.57 Å². The zero-order valence-corrected chi connectivity index (χ0v) is 11.7. The number of aliphatic hydroxyl groups excluding tert-OH is 1. The van der Waals surface area contributed by atoms with Crippen LogP contribution in [0.2, 0.25) is 0 Å². The zero-order valence-electron chi connectivity index (χ0n) is 11.7. The van der Waals surface area contributed by atoms with Gasteiger partial charge in [-0.15, -0.1) is 0 Å². The van der Waals surface area contributed by atoms with Gasteiger partial charge >= 0.3 is 0 Å². The van der Waals surface area contributed by atoms with Gasteiger partial charge in [0, 0.05) is 0 Å². The number of nitrogens with zero attached hydrogens (tertiary/aromatic N) is 2. The molecule has 4 nitrogen and oxygen atoms in total. The Balaban J connectivity index is 2.03. The van der Waals surface area contributed by atoms with Gasteiger partial charge in [0.15, 0.2) is 0 Å². The average molecular weight is 280 g/mol. The highest BCUT2D eigenvalue weighted by atomic mass is 16.3. The number of hydrogen-bond donors (Lipinski definition) is 1. The first-order chi connectivity index (χ1) is 10.2. The Hall–Kier alpha value is -2.46. The third-order valence-electron chi connectivity index (χ3n) is 3.59. The fourth-order valence-electron chi connectivity index (χ4n) is 2.45. The van der Waals surface area contributed by atoms with Crippen LogP contribution in [0.4, 0.5) is 0 Å². The van der Waals surface area contributed by atoms with E-state index in [-0.39, 0.29) is 12.1 Å². The lowest BCUT2D eigenvalue weighted by molar-refractivity contribution is 0.154. The summed E-state index contributed by atoms with van der Waals surface area (Å²) in [6.07, 6.45) is -0.731. The summed E-state index contributed by atoms with van der Waals surface area (Å²) in [5.74, 6) is 0.605. The van der Waals surface area contributed by atoms with Crippen molar-refractivity contribution in [3.63, 3.8) is 0 Å². The summed E-state index contributed by atoms with van der Waals surface area (Å²) in [6.45, 7) is 1.98. The summed E-state index contributed by atoms with van der Waals surface area (Å²) in [5.41, 5.74) is 1.36. The predicted octanol–water partition coefficient (Wildman–Crippen LogP) is 2.44. The van der Waals surface area contributed by atoms with E-state index >= 15 is 0 Å². The van der Waals surface area contributed by atoms with Gasteiger partial charge in [-0.1, -0.05) is 42.5 Å². The van der Waals surface area contributed by atoms with Crippen LogP contribution in [0.1, 0.15) is 17.5 Å². The summed E-state index contributed by atoms with van der Waals surface area (Å²) >= 11 is 0. The van der Waals surface area contributed by atoms with Gasteiger partial charge in [-0.3, -0.25) is 9.36 Å². The lowest BCUT2D eigenvalue weighted by atomic mass is 10.1. The standard InChI is InChI=1S/C17H16N2O2/c1-12-18-15-10-6-5-9-14(15)17(21)19(12)11-16(20)13-7-3-2-4-8-13/h2-10,16,20H,11H2,1H3. The third kappa shape index (κ3) is 2.58. The summed E-state index contributed by atoms with van der Waals surface area (Å²) in [4.78, 5) is 17.0. The summed E-state index contributed by atoms with van der Waals surface area (Å²) < 4.78 is 1.53. The molecule has 0 spiro atoms. The molecule has 106 valence electrons. The second-order valence-electron chi connectivity index (χ2n) is 5.02. The molecule has 21 heavy (non-hydrogen) atoms. The van der Waals surface area contributed by atoms with Crippen LogP contribution in [0.3, 0.4) is 0 Å². The number of benzene rings is 2. The van der Waals surface area contributed by atoms with Crippen molar-refractivity contribution in [2.24, 2.45) is 0 Å². The van der Waals surface area contributed by atoms with E-state index in [4.69, 9.17) is 0 Å². The molecule has 1 unspecified atom stereocenters. The van der Waals surface area contributed by atoms with Gasteiger partial charge in [0.1, 0.15) is 5.82 Å². The zero-order chi connectivity index (χ0) is 14.8. The average Bonchev–Trinajstić information content (AvgIpc) is 2.52. The molecule has 1 heterocycles. The molecule has 0 aliphatic rings. The van der Waals surface area contributed by atoms with Gasteiger partial charge in [0.2, 0.25) is 0 Å². The van der Waals surface area contributed by atoms with Crippen molar-refractivity contribution in [1.82, 2.24) is 9.55 Å². The van der Waals surface area contributed by atoms with Crippen molar-refractivity contribution in [2.45, 2.75) is 19.6 Å². The fourth-order valence-corrected chi connectivity index (χ4v) is 2.45. The van der Waals surface area contributed by atoms with Crippen molar-refractivity contribution >= 4 is 10.9 Å². The van der Waals surface area contributed by atoms with Crippen LogP contribution in [0, 0.1) is 6.92 Å². The molecule has 4 heteroatoms. The van der Waals surface area contributed by atoms with Crippen LogP contribution in [0.15, 0.2) is 59.4 Å². The van der Waals surface area contributed by atoms with Crippen LogP contribution >= 0.6 is 0 Å². The van der Waals surface area contributed by atoms with Gasteiger partial charge in [0.05, 0.1) is 23.6 Å². The second-order valence-corrected chi connectivity index (χ2v) is 5.02. The minimum absolute atomic E-state index is 0.118. The maximum atomic E-state index is 12.5. The highest BCUT2D eigenvalue weighted by Gasteiger charge is 2.13. The van der Waals surface area contributed by atoms with Gasteiger partial charge in [-0.05, 0) is 24.6 Å². The number of hydrogen-bond acceptors (Lipinski definition) is 3. The minimum Gasteiger partial charge on any atom is -0.387 e. The van der Waals surface area contributed by atoms with Crippen molar-refractivity contribution in [3.8, 4) is 0 Å². The van der Waals surface area contributed by atoms with Gasteiger partial charge in [-0.25, -0.2) is 4.98 Å². The molecule has 0 saturated carbocycles. The van der Waals surface area contributed by atoms with Crippen molar-refractivity contribution in [2.75, 3.05) is 0 Å². The predicted molar refractivity (Wildman–Crippen MR) is 82.1 cm³/mol. The summed E-state index contributed by atoms with van der Waals surface area (Å²) in [5, 5.41) is 10.9. The Morgan fingerprint density at radius 2 is 1.76 bits per heavy atom. The molecule has 0 fully saturated rings. The minimum atomic E-state index is -0.731. The molecule has 0 radical (unpaired) electrons. The van der Waals surface area contributed by atoms with Crippen LogP contribution in [0.5, 0.6) is 0 Å². The van der Waals surface area contributed by atoms with E-state index in [0.29, 0.717) is 16.7 Å². The quantitative estimate of drug-likeness (QED) is 0.801. The highest BCUT2D eigenvalue weighted by molar-refractivity contribution is 5.77. The molecule has 0 aliphatic carbocycles. The highest BCUT2D eigenvalue weighted by Crippen LogP contribution is 2.15. The van der Waals surface area contributed by atoms with Gasteiger partial charge in [-0.2, -0.15) is 0 Å². The van der Waals surface area contributed by atoms with Crippen molar-refractivity contribution in [1.29, 1.82) is 0 Å². The molecule has 0 saturated heterocycles. The van der Waals surface area contributed by atoms with E-state index in [0.717, 1.165) is 5.56 Å². The molecule has 2 aromatic carbocycles. The molecule has 1 atom stereocenters. The first-order valence-electron chi connectivity index (χ1n) is 6.86. The van der Waals surface area contributed by atoms with Crippen LogP contribution < -0.4 is 5.56 Å². The monoisotopic (exact) mass is 280 g/mol. The Morgan fingerprint density at radius 3 is 2.52 bits per heavy atom. The number of para-hydroxylation sites is 1. The summed E-state index contributed by atoms with van der Waals surface area (Å²) in [6, 6.07) is 16.6. The lowest BCUT2D eigenvalue weighted by Crippen LogP contribution is -2.26. The Labute approximate surface area is 122 Å². The van der Waals surface area contributed by atoms with E-state index in [9.17, 15) is 9.90 Å². The van der Waals surface area contributed by atoms with Crippen molar-refractivity contribution < 1.29 is 5.11 Å². The Morgan fingerprint density at radius 1 is 1.10 bits per heavy atom. The Bertz CT molecular complexity index is 825. The molecule has 1 aromatic heterocycles. The van der Waals surface area contributed by atoms with Crippen LogP contribution in [0.25, 0.3) is 10.9 Å². The maximum Gasteiger partial charge on any atom is 0.261 e. The fraction of sp³-hybridized carbons (Fsp3) is 0.176. The molecule has 3 aromatic rings. The van der Waals surface area contributed by atoms with E-state index < -0.39 is 6.10 Å². The number of rotatable bonds is 3. The maximum absolute atomic E-state index is 12.5. The van der Waals surface area contributed by atoms with Crippen LogP contribution in [-0.2, 0) is 6.54 Å². The van der Waals surface area contributed by atoms with E-state index in [1.807, 2.05) is 48.5 Å². The van der Waals surface area contributed by atoms with Gasteiger partial charge in [0.25, 0.3) is 5.56 Å². The van der Waals surface area contributed by atoms with Crippen LogP contribution in [-0.4, -0.2) is 14.7 Å². The molecule has 0 aliphatic heterocycles. The first kappa shape index (κ1) is 13.5. The largest absolute Gasteiger partial charge is 0.387 e.